The molecule has 2 heterocycles. The summed E-state index contributed by atoms with van der Waals surface area (Å²) < 4.78 is 16.0. The molecular weight excluding hydrogens is 279 g/mol. The van der Waals surface area contributed by atoms with Gasteiger partial charge in [-0.3, -0.25) is 0 Å². The Morgan fingerprint density at radius 1 is 1.05 bits per heavy atom. The maximum absolute atomic E-state index is 14.2. The number of hydrogen-bond acceptors (Lipinski definition) is 3. The van der Waals surface area contributed by atoms with Crippen molar-refractivity contribution in [3.63, 3.8) is 0 Å². The third-order valence-electron chi connectivity index (χ3n) is 4.10. The van der Waals surface area contributed by atoms with Gasteiger partial charge in [0.25, 0.3) is 0 Å². The number of fused-ring (bicyclic) bond motifs is 1. The van der Waals surface area contributed by atoms with Crippen molar-refractivity contribution in [2.45, 2.75) is 18.5 Å². The number of aromatic nitrogens is 3. The Bertz CT molecular complexity index is 784. The van der Waals surface area contributed by atoms with E-state index in [2.05, 4.69) is 27.5 Å². The van der Waals surface area contributed by atoms with Gasteiger partial charge in [0.05, 0.1) is 12.1 Å². The predicted octanol–water partition coefficient (Wildman–Crippen LogP) is 3.56. The van der Waals surface area contributed by atoms with Crippen LogP contribution in [-0.2, 0) is 0 Å². The fourth-order valence-electron chi connectivity index (χ4n) is 3.03. The molecule has 0 fully saturated rings. The van der Waals surface area contributed by atoms with E-state index in [1.54, 1.807) is 10.7 Å². The van der Waals surface area contributed by atoms with Crippen LogP contribution >= 0.6 is 0 Å². The molecule has 0 radical (unpaired) electrons. The second kappa shape index (κ2) is 5.26. The smallest absolute Gasteiger partial charge is 0.222 e. The number of benzene rings is 2. The maximum Gasteiger partial charge on any atom is 0.222 e. The molecule has 0 bridgehead atoms. The normalized spacial score (nSPS) is 20.2. The zero-order valence-electron chi connectivity index (χ0n) is 11.9. The number of rotatable bonds is 2. The van der Waals surface area contributed by atoms with E-state index in [0.29, 0.717) is 11.5 Å². The van der Waals surface area contributed by atoms with Crippen LogP contribution in [-0.4, -0.2) is 14.8 Å². The predicted molar refractivity (Wildman–Crippen MR) is 82.0 cm³/mol. The van der Waals surface area contributed by atoms with E-state index in [-0.39, 0.29) is 17.9 Å². The molecule has 0 unspecified atom stereocenters. The van der Waals surface area contributed by atoms with Gasteiger partial charge in [-0.05, 0) is 18.1 Å². The van der Waals surface area contributed by atoms with Crippen LogP contribution in [0.3, 0.4) is 0 Å². The van der Waals surface area contributed by atoms with Crippen LogP contribution in [0.25, 0.3) is 0 Å². The van der Waals surface area contributed by atoms with Crippen molar-refractivity contribution in [1.82, 2.24) is 14.8 Å². The number of anilines is 1. The fraction of sp³-hybridized carbons (Fsp3) is 0.176. The highest BCUT2D eigenvalue weighted by Gasteiger charge is 2.31. The summed E-state index contributed by atoms with van der Waals surface area (Å²) in [6.45, 7) is 0. The van der Waals surface area contributed by atoms with Crippen LogP contribution in [0.4, 0.5) is 10.3 Å². The molecule has 0 aliphatic carbocycles. The molecule has 5 heteroatoms. The lowest BCUT2D eigenvalue weighted by Gasteiger charge is -2.31. The van der Waals surface area contributed by atoms with E-state index in [1.165, 1.54) is 12.4 Å². The minimum absolute atomic E-state index is 0.0857. The van der Waals surface area contributed by atoms with Gasteiger partial charge in [-0.15, -0.1) is 0 Å². The summed E-state index contributed by atoms with van der Waals surface area (Å²) in [7, 11) is 0. The largest absolute Gasteiger partial charge is 0.348 e. The van der Waals surface area contributed by atoms with E-state index in [1.807, 2.05) is 30.3 Å². The minimum Gasteiger partial charge on any atom is -0.348 e. The third-order valence-corrected chi connectivity index (χ3v) is 4.10. The van der Waals surface area contributed by atoms with E-state index in [9.17, 15) is 4.39 Å². The molecule has 1 aromatic heterocycles. The number of nitrogens with zero attached hydrogens (tertiary/aromatic N) is 3. The molecular formula is C17H15FN4. The Morgan fingerprint density at radius 3 is 2.64 bits per heavy atom. The second-order valence-electron chi connectivity index (χ2n) is 5.41. The standard InChI is InChI=1S/C17H15FN4/c18-14-9-5-4-8-13(14)16-10-15(12-6-2-1-3-7-12)21-17-19-11-20-22(16)17/h1-9,11,15-16H,10H2,(H,19,20,21)/t15-,16+/m0/s1. The van der Waals surface area contributed by atoms with Crippen molar-refractivity contribution in [1.29, 1.82) is 0 Å². The minimum atomic E-state index is -0.206. The Labute approximate surface area is 127 Å². The fourth-order valence-corrected chi connectivity index (χ4v) is 3.03. The first-order chi connectivity index (χ1) is 10.8. The average molecular weight is 294 g/mol. The van der Waals surface area contributed by atoms with Gasteiger partial charge in [0.1, 0.15) is 12.1 Å². The van der Waals surface area contributed by atoms with Gasteiger partial charge in [-0.25, -0.2) is 9.07 Å². The van der Waals surface area contributed by atoms with Crippen LogP contribution in [0.2, 0.25) is 0 Å². The van der Waals surface area contributed by atoms with Crippen molar-refractivity contribution in [2.75, 3.05) is 5.32 Å². The van der Waals surface area contributed by atoms with Crippen molar-refractivity contribution < 1.29 is 4.39 Å². The zero-order chi connectivity index (χ0) is 14.9. The lowest BCUT2D eigenvalue weighted by molar-refractivity contribution is 0.416. The summed E-state index contributed by atoms with van der Waals surface area (Å²) in [6.07, 6.45) is 2.23. The summed E-state index contributed by atoms with van der Waals surface area (Å²) in [6, 6.07) is 16.9. The molecule has 1 aliphatic rings. The molecule has 22 heavy (non-hydrogen) atoms. The van der Waals surface area contributed by atoms with Gasteiger partial charge in [0.15, 0.2) is 0 Å². The van der Waals surface area contributed by atoms with Crippen molar-refractivity contribution in [3.05, 3.63) is 77.9 Å². The van der Waals surface area contributed by atoms with Crippen LogP contribution < -0.4 is 5.32 Å². The van der Waals surface area contributed by atoms with E-state index in [0.717, 1.165) is 12.0 Å². The summed E-state index contributed by atoms with van der Waals surface area (Å²) in [5.74, 6) is 0.469. The summed E-state index contributed by atoms with van der Waals surface area (Å²) >= 11 is 0. The highest BCUT2D eigenvalue weighted by Crippen LogP contribution is 2.37. The number of nitrogens with one attached hydrogen (secondary N) is 1. The van der Waals surface area contributed by atoms with E-state index >= 15 is 0 Å². The summed E-state index contributed by atoms with van der Waals surface area (Å²) in [5, 5.41) is 7.64. The Kier molecular flexibility index (Phi) is 3.11. The van der Waals surface area contributed by atoms with Crippen LogP contribution in [0.1, 0.15) is 29.6 Å². The van der Waals surface area contributed by atoms with E-state index in [4.69, 9.17) is 0 Å². The van der Waals surface area contributed by atoms with Gasteiger partial charge in [-0.2, -0.15) is 10.1 Å². The Hall–Kier alpha value is -2.69. The molecule has 1 aliphatic heterocycles. The first-order valence-corrected chi connectivity index (χ1v) is 7.28. The van der Waals surface area contributed by atoms with Gasteiger partial charge in [0.2, 0.25) is 5.95 Å². The van der Waals surface area contributed by atoms with E-state index < -0.39 is 0 Å². The molecule has 0 amide bonds. The van der Waals surface area contributed by atoms with Gasteiger partial charge >= 0.3 is 0 Å². The zero-order valence-corrected chi connectivity index (χ0v) is 11.9. The van der Waals surface area contributed by atoms with Crippen LogP contribution in [0.15, 0.2) is 60.9 Å². The quantitative estimate of drug-likeness (QED) is 0.786. The molecule has 1 N–H and O–H groups in total. The number of halogens is 1. The maximum atomic E-state index is 14.2. The molecule has 2 aromatic carbocycles. The molecule has 0 spiro atoms. The highest BCUT2D eigenvalue weighted by atomic mass is 19.1. The molecule has 4 nitrogen and oxygen atoms in total. The Morgan fingerprint density at radius 2 is 1.82 bits per heavy atom. The van der Waals surface area contributed by atoms with Crippen molar-refractivity contribution in [2.24, 2.45) is 0 Å². The molecule has 110 valence electrons. The van der Waals surface area contributed by atoms with Crippen LogP contribution in [0, 0.1) is 5.82 Å². The number of hydrogen-bond donors (Lipinski definition) is 1. The van der Waals surface area contributed by atoms with Crippen LogP contribution in [0.5, 0.6) is 0 Å². The SMILES string of the molecule is Fc1ccccc1[C@H]1C[C@@H](c2ccccc2)Nc2ncnn21. The molecule has 3 aromatic rings. The van der Waals surface area contributed by atoms with Crippen molar-refractivity contribution >= 4 is 5.95 Å². The first kappa shape index (κ1) is 13.0. The van der Waals surface area contributed by atoms with Gasteiger partial charge in [-0.1, -0.05) is 48.5 Å². The molecule has 0 saturated carbocycles. The summed E-state index contributed by atoms with van der Waals surface area (Å²) in [4.78, 5) is 4.26. The molecule has 2 atom stereocenters. The highest BCUT2D eigenvalue weighted by molar-refractivity contribution is 5.38. The van der Waals surface area contributed by atoms with Gasteiger partial charge < -0.3 is 5.32 Å². The first-order valence-electron chi connectivity index (χ1n) is 7.28. The topological polar surface area (TPSA) is 42.7 Å². The second-order valence-corrected chi connectivity index (χ2v) is 5.41. The Balaban J connectivity index is 1.77. The third kappa shape index (κ3) is 2.15. The van der Waals surface area contributed by atoms with Crippen molar-refractivity contribution in [3.8, 4) is 0 Å². The molecule has 0 saturated heterocycles. The molecule has 4 rings (SSSR count). The lowest BCUT2D eigenvalue weighted by Crippen LogP contribution is -2.28. The summed E-state index contributed by atoms with van der Waals surface area (Å²) in [5.41, 5.74) is 1.81. The average Bonchev–Trinajstić information content (AvgIpc) is 3.04. The monoisotopic (exact) mass is 294 g/mol. The lowest BCUT2D eigenvalue weighted by atomic mass is 9.93. The van der Waals surface area contributed by atoms with Gasteiger partial charge in [0, 0.05) is 5.56 Å².